The van der Waals surface area contributed by atoms with E-state index in [1.807, 2.05) is 13.0 Å². The first-order chi connectivity index (χ1) is 16.8. The number of piperazine rings is 1. The SMILES string of the molecule is CCCCCCN1C(=O)/C(=C/c2c(C)c(C#N)c(=O)n(CCCC)c2N2CCN(C)CC2)SC1=S. The molecule has 7 nitrogen and oxygen atoms in total. The van der Waals surface area contributed by atoms with Gasteiger partial charge in [-0.3, -0.25) is 19.1 Å². The van der Waals surface area contributed by atoms with E-state index in [0.29, 0.717) is 27.9 Å². The summed E-state index contributed by atoms with van der Waals surface area (Å²) < 4.78 is 2.34. The van der Waals surface area contributed by atoms with Gasteiger partial charge in [0.15, 0.2) is 0 Å². The number of amides is 1. The first-order valence-electron chi connectivity index (χ1n) is 12.7. The second kappa shape index (κ2) is 12.7. The Morgan fingerprint density at radius 3 is 2.34 bits per heavy atom. The van der Waals surface area contributed by atoms with E-state index in [4.69, 9.17) is 12.2 Å². The van der Waals surface area contributed by atoms with Gasteiger partial charge in [0, 0.05) is 44.8 Å². The van der Waals surface area contributed by atoms with Crippen LogP contribution in [-0.4, -0.2) is 64.4 Å². The first kappa shape index (κ1) is 27.4. The van der Waals surface area contributed by atoms with Gasteiger partial charge >= 0.3 is 0 Å². The highest BCUT2D eigenvalue weighted by Crippen LogP contribution is 2.36. The Hall–Kier alpha value is -2.15. The number of nitrogens with zero attached hydrogens (tertiary/aromatic N) is 5. The fraction of sp³-hybridized carbons (Fsp3) is 0.615. The van der Waals surface area contributed by atoms with Crippen molar-refractivity contribution in [3.8, 4) is 6.07 Å². The average Bonchev–Trinajstić information content (AvgIpc) is 3.11. The fourth-order valence-corrected chi connectivity index (χ4v) is 5.84. The number of hydrogen-bond donors (Lipinski definition) is 0. The third kappa shape index (κ3) is 6.16. The minimum atomic E-state index is -0.243. The minimum absolute atomic E-state index is 0.0787. The number of pyridine rings is 1. The Kier molecular flexibility index (Phi) is 9.96. The number of thiocarbonyl (C=S) groups is 1. The van der Waals surface area contributed by atoms with Crippen LogP contribution in [0.2, 0.25) is 0 Å². The summed E-state index contributed by atoms with van der Waals surface area (Å²) >= 11 is 6.87. The maximum atomic E-state index is 13.4. The van der Waals surface area contributed by atoms with Crippen LogP contribution in [0.25, 0.3) is 6.08 Å². The Morgan fingerprint density at radius 2 is 1.71 bits per heavy atom. The highest BCUT2D eigenvalue weighted by atomic mass is 32.2. The maximum Gasteiger partial charge on any atom is 0.270 e. The lowest BCUT2D eigenvalue weighted by molar-refractivity contribution is -0.122. The molecule has 35 heavy (non-hydrogen) atoms. The summed E-state index contributed by atoms with van der Waals surface area (Å²) in [4.78, 5) is 33.4. The first-order valence-corrected chi connectivity index (χ1v) is 13.9. The van der Waals surface area contributed by atoms with Crippen molar-refractivity contribution in [2.75, 3.05) is 44.7 Å². The predicted molar refractivity (Wildman–Crippen MR) is 149 cm³/mol. The molecule has 3 rings (SSSR count). The summed E-state index contributed by atoms with van der Waals surface area (Å²) in [7, 11) is 2.10. The van der Waals surface area contributed by atoms with Gasteiger partial charge in [-0.1, -0.05) is 63.5 Å². The Balaban J connectivity index is 2.08. The highest BCUT2D eigenvalue weighted by Gasteiger charge is 2.33. The van der Waals surface area contributed by atoms with E-state index < -0.39 is 0 Å². The number of aromatic nitrogens is 1. The van der Waals surface area contributed by atoms with Gasteiger partial charge in [0.25, 0.3) is 11.5 Å². The van der Waals surface area contributed by atoms with Crippen LogP contribution in [0.3, 0.4) is 0 Å². The largest absolute Gasteiger partial charge is 0.355 e. The van der Waals surface area contributed by atoms with Crippen LogP contribution in [0.4, 0.5) is 5.82 Å². The van der Waals surface area contributed by atoms with E-state index in [9.17, 15) is 14.9 Å². The third-order valence-corrected chi connectivity index (χ3v) is 8.15. The summed E-state index contributed by atoms with van der Waals surface area (Å²) in [5.41, 5.74) is 1.33. The standard InChI is InChI=1S/C26H37N5O2S2/c1-5-7-9-10-12-31-25(33)22(35-26(31)34)17-20-19(3)21(18-27)24(32)30(11-8-6-2)23(20)29-15-13-28(4)14-16-29/h17H,5-16H2,1-4H3/b22-17-. The van der Waals surface area contributed by atoms with E-state index in [1.54, 1.807) is 9.47 Å². The summed E-state index contributed by atoms with van der Waals surface area (Å²) in [5.74, 6) is 0.742. The molecule has 0 aromatic carbocycles. The molecule has 1 aromatic rings. The lowest BCUT2D eigenvalue weighted by Crippen LogP contribution is -2.47. The summed E-state index contributed by atoms with van der Waals surface area (Å²) in [6, 6.07) is 2.13. The molecule has 0 atom stereocenters. The molecular formula is C26H37N5O2S2. The molecule has 0 unspecified atom stereocenters. The Labute approximate surface area is 218 Å². The van der Waals surface area contributed by atoms with Crippen molar-refractivity contribution in [1.29, 1.82) is 5.26 Å². The molecule has 0 bridgehead atoms. The predicted octanol–water partition coefficient (Wildman–Crippen LogP) is 4.36. The molecule has 2 aliphatic heterocycles. The van der Waals surface area contributed by atoms with Crippen LogP contribution in [-0.2, 0) is 11.3 Å². The molecular weight excluding hydrogens is 478 g/mol. The summed E-state index contributed by atoms with van der Waals surface area (Å²) in [6.45, 7) is 10.6. The minimum Gasteiger partial charge on any atom is -0.355 e. The average molecular weight is 516 g/mol. The van der Waals surface area contributed by atoms with Gasteiger partial charge in [0.2, 0.25) is 0 Å². The number of hydrogen-bond acceptors (Lipinski definition) is 7. The number of likely N-dealkylation sites (N-methyl/N-ethyl adjacent to an activating group) is 1. The summed E-state index contributed by atoms with van der Waals surface area (Å²) in [5, 5.41) is 9.84. The third-order valence-electron chi connectivity index (χ3n) is 6.77. The van der Waals surface area contributed by atoms with Crippen molar-refractivity contribution in [3.05, 3.63) is 31.9 Å². The summed E-state index contributed by atoms with van der Waals surface area (Å²) in [6.07, 6.45) is 7.95. The number of nitriles is 1. The molecule has 1 aromatic heterocycles. The number of anilines is 1. The van der Waals surface area contributed by atoms with Crippen molar-refractivity contribution in [2.24, 2.45) is 0 Å². The van der Waals surface area contributed by atoms with E-state index in [1.165, 1.54) is 11.8 Å². The van der Waals surface area contributed by atoms with E-state index in [-0.39, 0.29) is 17.0 Å². The van der Waals surface area contributed by atoms with Crippen LogP contribution in [0.1, 0.15) is 69.1 Å². The quantitative estimate of drug-likeness (QED) is 0.260. The number of rotatable bonds is 10. The number of thioether (sulfide) groups is 1. The van der Waals surface area contributed by atoms with Crippen LogP contribution < -0.4 is 10.5 Å². The topological polar surface area (TPSA) is 72.6 Å². The van der Waals surface area contributed by atoms with Crippen molar-refractivity contribution >= 4 is 46.1 Å². The van der Waals surface area contributed by atoms with Crippen molar-refractivity contribution in [3.63, 3.8) is 0 Å². The van der Waals surface area contributed by atoms with Gasteiger partial charge in [-0.15, -0.1) is 0 Å². The van der Waals surface area contributed by atoms with Gasteiger partial charge in [-0.05, 0) is 38.5 Å². The van der Waals surface area contributed by atoms with Crippen molar-refractivity contribution < 1.29 is 4.79 Å². The lowest BCUT2D eigenvalue weighted by Gasteiger charge is -2.36. The zero-order valence-corrected chi connectivity index (χ0v) is 23.1. The molecule has 0 saturated carbocycles. The lowest BCUT2D eigenvalue weighted by atomic mass is 10.0. The molecule has 9 heteroatoms. The van der Waals surface area contributed by atoms with Gasteiger partial charge in [0.1, 0.15) is 21.8 Å². The molecule has 3 heterocycles. The highest BCUT2D eigenvalue weighted by molar-refractivity contribution is 8.26. The number of unbranched alkanes of at least 4 members (excludes halogenated alkanes) is 4. The zero-order chi connectivity index (χ0) is 25.5. The van der Waals surface area contributed by atoms with Crippen LogP contribution in [0.15, 0.2) is 9.70 Å². The number of carbonyl (C=O) groups is 1. The van der Waals surface area contributed by atoms with Gasteiger partial charge < -0.3 is 9.80 Å². The molecule has 2 fully saturated rings. The molecule has 1 amide bonds. The van der Waals surface area contributed by atoms with Crippen LogP contribution in [0.5, 0.6) is 0 Å². The fourth-order valence-electron chi connectivity index (χ4n) is 4.55. The Bertz CT molecular complexity index is 1080. The van der Waals surface area contributed by atoms with Crippen molar-refractivity contribution in [2.45, 2.75) is 65.8 Å². The molecule has 0 aliphatic carbocycles. The van der Waals surface area contributed by atoms with E-state index in [0.717, 1.165) is 76.1 Å². The van der Waals surface area contributed by atoms with Gasteiger partial charge in [-0.2, -0.15) is 5.26 Å². The van der Waals surface area contributed by atoms with Crippen LogP contribution in [0, 0.1) is 18.3 Å². The normalized spacial score (nSPS) is 18.1. The zero-order valence-electron chi connectivity index (χ0n) is 21.4. The van der Waals surface area contributed by atoms with Gasteiger partial charge in [0.05, 0.1) is 4.91 Å². The van der Waals surface area contributed by atoms with Crippen molar-refractivity contribution in [1.82, 2.24) is 14.4 Å². The Morgan fingerprint density at radius 1 is 1.03 bits per heavy atom. The van der Waals surface area contributed by atoms with E-state index >= 15 is 0 Å². The maximum absolute atomic E-state index is 13.4. The van der Waals surface area contributed by atoms with Crippen LogP contribution >= 0.6 is 24.0 Å². The molecule has 0 N–H and O–H groups in total. The number of carbonyl (C=O) groups excluding carboxylic acids is 1. The second-order valence-corrected chi connectivity index (χ2v) is 11.0. The molecule has 0 spiro atoms. The monoisotopic (exact) mass is 515 g/mol. The molecule has 0 radical (unpaired) electrons. The smallest absolute Gasteiger partial charge is 0.270 e. The van der Waals surface area contributed by atoms with E-state index in [2.05, 4.69) is 36.8 Å². The second-order valence-electron chi connectivity index (χ2n) is 9.34. The molecule has 2 aliphatic rings. The van der Waals surface area contributed by atoms with Gasteiger partial charge in [-0.25, -0.2) is 0 Å². The molecule has 2 saturated heterocycles. The molecule has 190 valence electrons.